The number of hydrogen-bond acceptors (Lipinski definition) is 7. The Morgan fingerprint density at radius 3 is 2.43 bits per heavy atom. The number of carbonyl (C=O) groups excluding carboxylic acids is 1. The van der Waals surface area contributed by atoms with Crippen LogP contribution in [0.15, 0.2) is 16.7 Å². The first-order valence-electron chi connectivity index (χ1n) is 9.71. The molecule has 0 aromatic heterocycles. The minimum absolute atomic E-state index is 0.197. The minimum Gasteiger partial charge on any atom is -0.444 e. The number of ether oxygens (including phenoxy) is 2. The van der Waals surface area contributed by atoms with E-state index in [0.717, 1.165) is 0 Å². The first-order valence-corrected chi connectivity index (χ1v) is 9.71. The SMILES string of the molecule is CC(C)(C)OC(=O)N1CCOCC1CN=C/C(=C\N)B1OC(C)(C)C(C)(C)O1. The molecule has 0 saturated carbocycles. The third-order valence-electron chi connectivity index (χ3n) is 5.13. The van der Waals surface area contributed by atoms with Crippen LogP contribution in [0.1, 0.15) is 48.5 Å². The zero-order valence-electron chi connectivity index (χ0n) is 18.2. The van der Waals surface area contributed by atoms with E-state index in [0.29, 0.717) is 31.8 Å². The average Bonchev–Trinajstić information content (AvgIpc) is 2.78. The van der Waals surface area contributed by atoms with Gasteiger partial charge in [-0.25, -0.2) is 4.79 Å². The molecule has 2 aliphatic rings. The molecule has 2 rings (SSSR count). The first kappa shape index (κ1) is 22.7. The van der Waals surface area contributed by atoms with Crippen molar-refractivity contribution in [1.29, 1.82) is 0 Å². The normalized spacial score (nSPS) is 25.4. The topological polar surface area (TPSA) is 95.6 Å². The van der Waals surface area contributed by atoms with Crippen LogP contribution in [0.2, 0.25) is 0 Å². The van der Waals surface area contributed by atoms with Gasteiger partial charge in [-0.2, -0.15) is 0 Å². The molecule has 158 valence electrons. The van der Waals surface area contributed by atoms with E-state index in [4.69, 9.17) is 24.5 Å². The van der Waals surface area contributed by atoms with Crippen LogP contribution in [0.3, 0.4) is 0 Å². The van der Waals surface area contributed by atoms with Gasteiger partial charge in [0, 0.05) is 18.2 Å². The number of rotatable bonds is 4. The lowest BCUT2D eigenvalue weighted by Crippen LogP contribution is -2.51. The van der Waals surface area contributed by atoms with Gasteiger partial charge in [0.2, 0.25) is 0 Å². The van der Waals surface area contributed by atoms with Crippen LogP contribution >= 0.6 is 0 Å². The van der Waals surface area contributed by atoms with Gasteiger partial charge in [0.25, 0.3) is 0 Å². The highest BCUT2D eigenvalue weighted by atomic mass is 16.7. The molecule has 2 heterocycles. The van der Waals surface area contributed by atoms with Gasteiger partial charge in [0.1, 0.15) is 5.60 Å². The number of amides is 1. The Kier molecular flexibility index (Phi) is 6.84. The van der Waals surface area contributed by atoms with E-state index in [9.17, 15) is 4.79 Å². The summed E-state index contributed by atoms with van der Waals surface area (Å²) in [5, 5.41) is 0. The molecule has 1 unspecified atom stereocenters. The quantitative estimate of drug-likeness (QED) is 0.579. The third kappa shape index (κ3) is 5.49. The van der Waals surface area contributed by atoms with Crippen molar-refractivity contribution in [2.75, 3.05) is 26.3 Å². The second-order valence-electron chi connectivity index (χ2n) is 9.15. The molecule has 2 N–H and O–H groups in total. The van der Waals surface area contributed by atoms with E-state index in [1.54, 1.807) is 11.1 Å². The van der Waals surface area contributed by atoms with E-state index in [2.05, 4.69) is 4.99 Å². The number of aliphatic imine (C=N–C) groups is 1. The van der Waals surface area contributed by atoms with E-state index in [1.165, 1.54) is 6.20 Å². The molecule has 0 aliphatic carbocycles. The highest BCUT2D eigenvalue weighted by Gasteiger charge is 2.52. The summed E-state index contributed by atoms with van der Waals surface area (Å²) in [6, 6.07) is -0.197. The van der Waals surface area contributed by atoms with Crippen molar-refractivity contribution < 1.29 is 23.6 Å². The van der Waals surface area contributed by atoms with Crippen molar-refractivity contribution in [2.24, 2.45) is 10.7 Å². The Morgan fingerprint density at radius 1 is 1.29 bits per heavy atom. The van der Waals surface area contributed by atoms with Crippen molar-refractivity contribution in [3.8, 4) is 0 Å². The van der Waals surface area contributed by atoms with Gasteiger partial charge in [-0.05, 0) is 54.7 Å². The smallest absolute Gasteiger partial charge is 0.444 e. The maximum absolute atomic E-state index is 12.5. The second kappa shape index (κ2) is 8.43. The molecule has 0 spiro atoms. The Labute approximate surface area is 168 Å². The first-order chi connectivity index (χ1) is 12.9. The fourth-order valence-electron chi connectivity index (χ4n) is 2.81. The van der Waals surface area contributed by atoms with E-state index >= 15 is 0 Å². The zero-order valence-corrected chi connectivity index (χ0v) is 18.2. The maximum atomic E-state index is 12.5. The summed E-state index contributed by atoms with van der Waals surface area (Å²) >= 11 is 0. The van der Waals surface area contributed by atoms with Gasteiger partial charge in [-0.3, -0.25) is 9.89 Å². The highest BCUT2D eigenvalue weighted by molar-refractivity contribution is 6.60. The Morgan fingerprint density at radius 2 is 1.89 bits per heavy atom. The van der Waals surface area contributed by atoms with E-state index < -0.39 is 23.9 Å². The Hall–Kier alpha value is -1.58. The van der Waals surface area contributed by atoms with Crippen LogP contribution in [0.25, 0.3) is 0 Å². The molecule has 8 nitrogen and oxygen atoms in total. The average molecular weight is 395 g/mol. The molecule has 2 fully saturated rings. The summed E-state index contributed by atoms with van der Waals surface area (Å²) in [5.74, 6) is 0. The van der Waals surface area contributed by atoms with Crippen LogP contribution in [0.4, 0.5) is 4.79 Å². The molecule has 1 atom stereocenters. The van der Waals surface area contributed by atoms with Gasteiger partial charge in [0.15, 0.2) is 0 Å². The van der Waals surface area contributed by atoms with Crippen molar-refractivity contribution in [3.63, 3.8) is 0 Å². The molecular formula is C19H34BN3O5. The van der Waals surface area contributed by atoms with Crippen LogP contribution in [-0.4, -0.2) is 73.5 Å². The number of nitrogens with zero attached hydrogens (tertiary/aromatic N) is 2. The summed E-state index contributed by atoms with van der Waals surface area (Å²) in [4.78, 5) is 18.6. The lowest BCUT2D eigenvalue weighted by molar-refractivity contribution is -0.0298. The molecule has 1 amide bonds. The summed E-state index contributed by atoms with van der Waals surface area (Å²) in [7, 11) is -0.580. The molecular weight excluding hydrogens is 361 g/mol. The summed E-state index contributed by atoms with van der Waals surface area (Å²) < 4.78 is 23.0. The van der Waals surface area contributed by atoms with Crippen LogP contribution in [-0.2, 0) is 18.8 Å². The predicted octanol–water partition coefficient (Wildman–Crippen LogP) is 2.17. The monoisotopic (exact) mass is 395 g/mol. The molecule has 2 aliphatic heterocycles. The van der Waals surface area contributed by atoms with Gasteiger partial charge in [-0.1, -0.05) is 0 Å². The molecule has 0 aromatic carbocycles. The molecule has 2 saturated heterocycles. The van der Waals surface area contributed by atoms with Crippen molar-refractivity contribution >= 4 is 19.4 Å². The molecule has 9 heteroatoms. The number of carbonyl (C=O) groups is 1. The summed E-state index contributed by atoms with van der Waals surface area (Å²) in [6.07, 6.45) is 2.73. The highest BCUT2D eigenvalue weighted by Crippen LogP contribution is 2.38. The van der Waals surface area contributed by atoms with Crippen molar-refractivity contribution in [3.05, 3.63) is 11.7 Å². The largest absolute Gasteiger partial charge is 0.497 e. The molecule has 0 radical (unpaired) electrons. The summed E-state index contributed by atoms with van der Waals surface area (Å²) in [6.45, 7) is 15.2. The standard InChI is InChI=1S/C19H34BN3O5/c1-17(2,3)26-16(24)23-8-9-25-13-15(23)12-22-11-14(10-21)20-27-18(4,5)19(6,7)28-20/h10-11,15H,8-9,12-13,21H2,1-7H3/b14-10+,22-11?. The number of allylic oxidation sites excluding steroid dienone is 1. The lowest BCUT2D eigenvalue weighted by atomic mass is 9.79. The zero-order chi connectivity index (χ0) is 21.2. The van der Waals surface area contributed by atoms with E-state index in [-0.39, 0.29) is 12.1 Å². The molecule has 0 bridgehead atoms. The predicted molar refractivity (Wildman–Crippen MR) is 109 cm³/mol. The van der Waals surface area contributed by atoms with Gasteiger partial charge in [0.05, 0.1) is 37.0 Å². The van der Waals surface area contributed by atoms with Crippen LogP contribution in [0, 0.1) is 0 Å². The van der Waals surface area contributed by atoms with Gasteiger partial charge >= 0.3 is 13.2 Å². The third-order valence-corrected chi connectivity index (χ3v) is 5.13. The number of morpholine rings is 1. The van der Waals surface area contributed by atoms with Crippen LogP contribution in [0.5, 0.6) is 0 Å². The van der Waals surface area contributed by atoms with Crippen molar-refractivity contribution in [1.82, 2.24) is 4.90 Å². The molecule has 0 aromatic rings. The Bertz CT molecular complexity index is 612. The van der Waals surface area contributed by atoms with Crippen molar-refractivity contribution in [2.45, 2.75) is 71.3 Å². The minimum atomic E-state index is -0.580. The van der Waals surface area contributed by atoms with E-state index in [1.807, 2.05) is 48.5 Å². The number of nitrogens with two attached hydrogens (primary N) is 1. The Balaban J connectivity index is 2.00. The molecule has 28 heavy (non-hydrogen) atoms. The van der Waals surface area contributed by atoms with Gasteiger partial charge in [-0.15, -0.1) is 0 Å². The fraction of sp³-hybridized carbons (Fsp3) is 0.789. The lowest BCUT2D eigenvalue weighted by Gasteiger charge is -2.35. The number of hydrogen-bond donors (Lipinski definition) is 1. The second-order valence-corrected chi connectivity index (χ2v) is 9.15. The maximum Gasteiger partial charge on any atom is 0.497 e. The summed E-state index contributed by atoms with van der Waals surface area (Å²) in [5.41, 5.74) is 4.96. The van der Waals surface area contributed by atoms with Gasteiger partial charge < -0.3 is 24.5 Å². The van der Waals surface area contributed by atoms with Crippen LogP contribution < -0.4 is 5.73 Å². The fourth-order valence-corrected chi connectivity index (χ4v) is 2.81.